The average molecular weight is 253 g/mol. The van der Waals surface area contributed by atoms with Crippen molar-refractivity contribution in [2.75, 3.05) is 0 Å². The second kappa shape index (κ2) is 6.03. The van der Waals surface area contributed by atoms with E-state index in [1.54, 1.807) is 0 Å². The minimum Gasteiger partial charge on any atom is -0.324 e. The minimum atomic E-state index is 0.0754. The van der Waals surface area contributed by atoms with Gasteiger partial charge in [-0.15, -0.1) is 0 Å². The fourth-order valence-corrected chi connectivity index (χ4v) is 2.38. The highest BCUT2D eigenvalue weighted by Gasteiger charge is 2.09. The molecule has 19 heavy (non-hydrogen) atoms. The molecule has 1 unspecified atom stereocenters. The fraction of sp³-hybridized carbons (Fsp3) is 0.333. The molecule has 0 saturated carbocycles. The Bertz CT molecular complexity index is 540. The van der Waals surface area contributed by atoms with E-state index < -0.39 is 0 Å². The first-order valence-electron chi connectivity index (χ1n) is 7.00. The van der Waals surface area contributed by atoms with Crippen molar-refractivity contribution >= 4 is 0 Å². The summed E-state index contributed by atoms with van der Waals surface area (Å²) < 4.78 is 0. The van der Waals surface area contributed by atoms with Gasteiger partial charge in [0, 0.05) is 6.04 Å². The number of rotatable bonds is 4. The molecule has 2 aromatic rings. The molecule has 0 saturated heterocycles. The molecular formula is C18H23N. The highest BCUT2D eigenvalue weighted by atomic mass is 14.6. The van der Waals surface area contributed by atoms with Gasteiger partial charge in [0.25, 0.3) is 0 Å². The summed E-state index contributed by atoms with van der Waals surface area (Å²) in [6, 6.07) is 15.3. The predicted molar refractivity (Wildman–Crippen MR) is 82.4 cm³/mol. The summed E-state index contributed by atoms with van der Waals surface area (Å²) >= 11 is 0. The zero-order valence-electron chi connectivity index (χ0n) is 12.1. The molecule has 1 nitrogen and oxygen atoms in total. The molecule has 0 fully saturated rings. The van der Waals surface area contributed by atoms with Crippen LogP contribution in [0.3, 0.4) is 0 Å². The molecule has 0 aromatic heterocycles. The quantitative estimate of drug-likeness (QED) is 0.872. The van der Waals surface area contributed by atoms with Crippen LogP contribution in [0.4, 0.5) is 0 Å². The van der Waals surface area contributed by atoms with Crippen LogP contribution in [-0.2, 0) is 12.8 Å². The molecule has 0 amide bonds. The molecule has 2 N–H and O–H groups in total. The van der Waals surface area contributed by atoms with Gasteiger partial charge in [-0.2, -0.15) is 0 Å². The first-order valence-corrected chi connectivity index (χ1v) is 7.00. The summed E-state index contributed by atoms with van der Waals surface area (Å²) in [5.74, 6) is 0. The van der Waals surface area contributed by atoms with Gasteiger partial charge in [0.1, 0.15) is 0 Å². The summed E-state index contributed by atoms with van der Waals surface area (Å²) in [4.78, 5) is 0. The van der Waals surface area contributed by atoms with Gasteiger partial charge in [0.15, 0.2) is 0 Å². The maximum Gasteiger partial charge on any atom is 0.0335 e. The standard InChI is InChI=1S/C18H23N/c1-4-15-7-9-16(10-8-15)18(19)12-17-11-13(2)5-6-14(17)3/h5-11,18H,4,12,19H2,1-3H3. The molecule has 0 aliphatic heterocycles. The van der Waals surface area contributed by atoms with Crippen molar-refractivity contribution in [3.8, 4) is 0 Å². The number of nitrogens with two attached hydrogens (primary N) is 1. The Morgan fingerprint density at radius 3 is 2.32 bits per heavy atom. The molecule has 0 bridgehead atoms. The minimum absolute atomic E-state index is 0.0754. The Morgan fingerprint density at radius 2 is 1.68 bits per heavy atom. The fourth-order valence-electron chi connectivity index (χ4n) is 2.38. The van der Waals surface area contributed by atoms with Crippen LogP contribution in [0.25, 0.3) is 0 Å². The number of aryl methyl sites for hydroxylation is 3. The maximum atomic E-state index is 6.34. The third-order valence-corrected chi connectivity index (χ3v) is 3.76. The van der Waals surface area contributed by atoms with E-state index in [4.69, 9.17) is 5.73 Å². The zero-order valence-corrected chi connectivity index (χ0v) is 12.1. The second-order valence-electron chi connectivity index (χ2n) is 5.34. The molecule has 0 spiro atoms. The van der Waals surface area contributed by atoms with Crippen LogP contribution in [0.5, 0.6) is 0 Å². The average Bonchev–Trinajstić information content (AvgIpc) is 2.43. The van der Waals surface area contributed by atoms with Crippen LogP contribution in [0.2, 0.25) is 0 Å². The maximum absolute atomic E-state index is 6.34. The van der Waals surface area contributed by atoms with Gasteiger partial charge in [-0.3, -0.25) is 0 Å². The van der Waals surface area contributed by atoms with E-state index in [9.17, 15) is 0 Å². The van der Waals surface area contributed by atoms with Crippen LogP contribution in [0.15, 0.2) is 42.5 Å². The molecule has 2 aromatic carbocycles. The summed E-state index contributed by atoms with van der Waals surface area (Å²) in [7, 11) is 0. The van der Waals surface area contributed by atoms with Crippen LogP contribution < -0.4 is 5.73 Å². The summed E-state index contributed by atoms with van der Waals surface area (Å²) in [5, 5.41) is 0. The van der Waals surface area contributed by atoms with Crippen LogP contribution in [-0.4, -0.2) is 0 Å². The van der Waals surface area contributed by atoms with Gasteiger partial charge in [0.05, 0.1) is 0 Å². The Morgan fingerprint density at radius 1 is 1.00 bits per heavy atom. The second-order valence-corrected chi connectivity index (χ2v) is 5.34. The normalized spacial score (nSPS) is 12.4. The Kier molecular flexibility index (Phi) is 4.39. The topological polar surface area (TPSA) is 26.0 Å². The van der Waals surface area contributed by atoms with E-state index in [2.05, 4.69) is 63.2 Å². The van der Waals surface area contributed by atoms with Gasteiger partial charge in [0.2, 0.25) is 0 Å². The van der Waals surface area contributed by atoms with E-state index in [-0.39, 0.29) is 6.04 Å². The monoisotopic (exact) mass is 253 g/mol. The lowest BCUT2D eigenvalue weighted by atomic mass is 9.95. The lowest BCUT2D eigenvalue weighted by Gasteiger charge is -2.15. The molecule has 2 rings (SSSR count). The van der Waals surface area contributed by atoms with Crippen molar-refractivity contribution in [2.24, 2.45) is 5.73 Å². The molecule has 100 valence electrons. The van der Waals surface area contributed by atoms with E-state index in [0.29, 0.717) is 0 Å². The van der Waals surface area contributed by atoms with E-state index in [1.165, 1.54) is 27.8 Å². The predicted octanol–water partition coefficient (Wildman–Crippen LogP) is 4.11. The summed E-state index contributed by atoms with van der Waals surface area (Å²) in [6.45, 7) is 6.46. The van der Waals surface area contributed by atoms with Crippen LogP contribution in [0.1, 0.15) is 40.8 Å². The van der Waals surface area contributed by atoms with Gasteiger partial charge in [-0.05, 0) is 48.9 Å². The third kappa shape index (κ3) is 3.45. The highest BCUT2D eigenvalue weighted by molar-refractivity contribution is 5.33. The van der Waals surface area contributed by atoms with Crippen LogP contribution >= 0.6 is 0 Å². The number of benzene rings is 2. The van der Waals surface area contributed by atoms with Gasteiger partial charge >= 0.3 is 0 Å². The van der Waals surface area contributed by atoms with Crippen molar-refractivity contribution < 1.29 is 0 Å². The number of hydrogen-bond donors (Lipinski definition) is 1. The van der Waals surface area contributed by atoms with E-state index >= 15 is 0 Å². The molecule has 1 atom stereocenters. The SMILES string of the molecule is CCc1ccc(C(N)Cc2cc(C)ccc2C)cc1. The smallest absolute Gasteiger partial charge is 0.0335 e. The van der Waals surface area contributed by atoms with Gasteiger partial charge in [-0.25, -0.2) is 0 Å². The van der Waals surface area contributed by atoms with Crippen molar-refractivity contribution in [3.63, 3.8) is 0 Å². The molecular weight excluding hydrogens is 230 g/mol. The molecule has 0 radical (unpaired) electrons. The first kappa shape index (κ1) is 13.8. The summed E-state index contributed by atoms with van der Waals surface area (Å²) in [5.41, 5.74) is 12.9. The molecule has 0 aliphatic carbocycles. The van der Waals surface area contributed by atoms with E-state index in [1.807, 2.05) is 0 Å². The molecule has 1 heteroatoms. The Labute approximate surface area is 116 Å². The van der Waals surface area contributed by atoms with Crippen LogP contribution in [0, 0.1) is 13.8 Å². The Hall–Kier alpha value is -1.60. The highest BCUT2D eigenvalue weighted by Crippen LogP contribution is 2.20. The van der Waals surface area contributed by atoms with Crippen molar-refractivity contribution in [3.05, 3.63) is 70.3 Å². The van der Waals surface area contributed by atoms with Gasteiger partial charge in [-0.1, -0.05) is 55.0 Å². The number of hydrogen-bond acceptors (Lipinski definition) is 1. The summed E-state index contributed by atoms with van der Waals surface area (Å²) in [6.07, 6.45) is 1.98. The third-order valence-electron chi connectivity index (χ3n) is 3.76. The lowest BCUT2D eigenvalue weighted by molar-refractivity contribution is 0.718. The molecule has 0 aliphatic rings. The van der Waals surface area contributed by atoms with Gasteiger partial charge < -0.3 is 5.73 Å². The molecule has 0 heterocycles. The Balaban J connectivity index is 2.15. The van der Waals surface area contributed by atoms with Crippen molar-refractivity contribution in [1.29, 1.82) is 0 Å². The van der Waals surface area contributed by atoms with Crippen molar-refractivity contribution in [2.45, 2.75) is 39.7 Å². The lowest BCUT2D eigenvalue weighted by Crippen LogP contribution is -2.14. The van der Waals surface area contributed by atoms with Crippen molar-refractivity contribution in [1.82, 2.24) is 0 Å². The first-order chi connectivity index (χ1) is 9.10. The largest absolute Gasteiger partial charge is 0.324 e. The zero-order chi connectivity index (χ0) is 13.8. The van der Waals surface area contributed by atoms with E-state index in [0.717, 1.165) is 12.8 Å².